The maximum absolute atomic E-state index is 5.12. The Labute approximate surface area is 143 Å². The first-order valence-corrected chi connectivity index (χ1v) is 9.98. The number of fused-ring (bicyclic) bond motifs is 1. The molecule has 1 aromatic heterocycles. The smallest absolute Gasteiger partial charge is 0.170 e. The summed E-state index contributed by atoms with van der Waals surface area (Å²) in [6.07, 6.45) is 0. The summed E-state index contributed by atoms with van der Waals surface area (Å²) in [5.41, 5.74) is 2.05. The summed E-state index contributed by atoms with van der Waals surface area (Å²) in [6, 6.07) is 6.15. The fraction of sp³-hybridized carbons (Fsp3) is 0.429. The molecule has 0 bridgehead atoms. The number of rotatable bonds is 6. The lowest BCUT2D eigenvalue weighted by Gasteiger charge is -2.05. The molecule has 0 fully saturated rings. The van der Waals surface area contributed by atoms with Crippen LogP contribution in [-0.4, -0.2) is 33.9 Å². The van der Waals surface area contributed by atoms with E-state index in [0.29, 0.717) is 10.4 Å². The first-order valence-electron chi connectivity index (χ1n) is 6.72. The van der Waals surface area contributed by atoms with Gasteiger partial charge in [-0.3, -0.25) is 0 Å². The summed E-state index contributed by atoms with van der Waals surface area (Å²) in [7, 11) is 1.81. The number of nitrogens with zero attached hydrogens (tertiary/aromatic N) is 1. The number of hydrogen-bond donors (Lipinski definition) is 2. The molecule has 0 unspecified atom stereocenters. The van der Waals surface area contributed by atoms with Crippen molar-refractivity contribution >= 4 is 68.1 Å². The standard InChI is InChI=1S/C14H19N3S4/c1-9(2)19-6-7-20-14-17-11-5-4-10(8-12(11)21-14)16-13(18)15-3/h4-5,8-9H,6-7H2,1-3H3,(H2,15,16,18). The fourth-order valence-electron chi connectivity index (χ4n) is 1.65. The monoisotopic (exact) mass is 357 g/mol. The minimum absolute atomic E-state index is 0.624. The van der Waals surface area contributed by atoms with Crippen molar-refractivity contribution in [3.63, 3.8) is 0 Å². The van der Waals surface area contributed by atoms with Crippen LogP contribution in [0.3, 0.4) is 0 Å². The van der Waals surface area contributed by atoms with Crippen LogP contribution in [0, 0.1) is 0 Å². The number of thiocarbonyl (C=S) groups is 1. The number of hydrogen-bond acceptors (Lipinski definition) is 5. The maximum atomic E-state index is 5.12. The zero-order chi connectivity index (χ0) is 15.2. The fourth-order valence-corrected chi connectivity index (χ4v) is 4.79. The molecular weight excluding hydrogens is 338 g/mol. The lowest BCUT2D eigenvalue weighted by molar-refractivity contribution is 1.11. The highest BCUT2D eigenvalue weighted by Gasteiger charge is 2.06. The van der Waals surface area contributed by atoms with Gasteiger partial charge in [0.15, 0.2) is 9.45 Å². The maximum Gasteiger partial charge on any atom is 0.170 e. The van der Waals surface area contributed by atoms with Crippen LogP contribution in [0.5, 0.6) is 0 Å². The summed E-state index contributed by atoms with van der Waals surface area (Å²) in [5, 5.41) is 7.38. The van der Waals surface area contributed by atoms with E-state index in [1.54, 1.807) is 11.3 Å². The lowest BCUT2D eigenvalue weighted by atomic mass is 10.3. The molecule has 2 aromatic rings. The number of anilines is 1. The largest absolute Gasteiger partial charge is 0.366 e. The first kappa shape index (κ1) is 16.9. The predicted octanol–water partition coefficient (Wildman–Crippen LogP) is 4.45. The Bertz CT molecular complexity index is 609. The molecule has 0 spiro atoms. The molecule has 0 aliphatic heterocycles. The molecule has 0 radical (unpaired) electrons. The Morgan fingerprint density at radius 2 is 2.19 bits per heavy atom. The van der Waals surface area contributed by atoms with Crippen LogP contribution < -0.4 is 10.6 Å². The lowest BCUT2D eigenvalue weighted by Crippen LogP contribution is -2.23. The van der Waals surface area contributed by atoms with E-state index in [2.05, 4.69) is 35.5 Å². The normalized spacial score (nSPS) is 11.0. The Balaban J connectivity index is 1.99. The van der Waals surface area contributed by atoms with Gasteiger partial charge in [0.05, 0.1) is 10.2 Å². The summed E-state index contributed by atoms with van der Waals surface area (Å²) in [4.78, 5) is 4.67. The third-order valence-electron chi connectivity index (χ3n) is 2.61. The Kier molecular flexibility index (Phi) is 6.60. The van der Waals surface area contributed by atoms with E-state index < -0.39 is 0 Å². The van der Waals surface area contributed by atoms with Crippen LogP contribution >= 0.6 is 47.1 Å². The number of aromatic nitrogens is 1. The summed E-state index contributed by atoms with van der Waals surface area (Å²) in [5.74, 6) is 2.28. The molecule has 0 aliphatic rings. The van der Waals surface area contributed by atoms with Gasteiger partial charge in [0.2, 0.25) is 0 Å². The zero-order valence-corrected chi connectivity index (χ0v) is 15.6. The molecule has 114 valence electrons. The summed E-state index contributed by atoms with van der Waals surface area (Å²) < 4.78 is 2.33. The summed E-state index contributed by atoms with van der Waals surface area (Å²) >= 11 is 10.7. The van der Waals surface area contributed by atoms with E-state index in [0.717, 1.165) is 21.3 Å². The van der Waals surface area contributed by atoms with Crippen molar-refractivity contribution in [1.29, 1.82) is 0 Å². The molecule has 1 aromatic carbocycles. The molecule has 0 saturated heterocycles. The van der Waals surface area contributed by atoms with E-state index in [4.69, 9.17) is 12.2 Å². The van der Waals surface area contributed by atoms with Crippen molar-refractivity contribution in [1.82, 2.24) is 10.3 Å². The van der Waals surface area contributed by atoms with Crippen molar-refractivity contribution in [2.45, 2.75) is 23.4 Å². The Hall–Kier alpha value is -0.500. The van der Waals surface area contributed by atoms with Gasteiger partial charge in [0.1, 0.15) is 0 Å². The van der Waals surface area contributed by atoms with Gasteiger partial charge in [0.25, 0.3) is 0 Å². The van der Waals surface area contributed by atoms with Crippen LogP contribution in [0.25, 0.3) is 10.2 Å². The molecule has 2 rings (SSSR count). The molecular formula is C14H19N3S4. The Morgan fingerprint density at radius 3 is 2.90 bits per heavy atom. The number of thioether (sulfide) groups is 2. The molecule has 0 atom stereocenters. The van der Waals surface area contributed by atoms with Crippen molar-refractivity contribution in [2.24, 2.45) is 0 Å². The van der Waals surface area contributed by atoms with E-state index >= 15 is 0 Å². The molecule has 7 heteroatoms. The van der Waals surface area contributed by atoms with Gasteiger partial charge in [-0.15, -0.1) is 11.3 Å². The van der Waals surface area contributed by atoms with Crippen molar-refractivity contribution < 1.29 is 0 Å². The van der Waals surface area contributed by atoms with Gasteiger partial charge < -0.3 is 10.6 Å². The van der Waals surface area contributed by atoms with Crippen molar-refractivity contribution in [2.75, 3.05) is 23.9 Å². The van der Waals surface area contributed by atoms with Crippen LogP contribution in [0.2, 0.25) is 0 Å². The second-order valence-electron chi connectivity index (χ2n) is 4.63. The second-order valence-corrected chi connectivity index (χ2v) is 9.10. The van der Waals surface area contributed by atoms with E-state index in [1.807, 2.05) is 42.7 Å². The number of nitrogens with one attached hydrogen (secondary N) is 2. The van der Waals surface area contributed by atoms with Crippen LogP contribution in [0.4, 0.5) is 5.69 Å². The van der Waals surface area contributed by atoms with Crippen molar-refractivity contribution in [3.05, 3.63) is 18.2 Å². The third-order valence-corrected chi connectivity index (χ3v) is 6.45. The number of benzene rings is 1. The summed E-state index contributed by atoms with van der Waals surface area (Å²) in [6.45, 7) is 4.47. The van der Waals surface area contributed by atoms with Gasteiger partial charge in [-0.1, -0.05) is 25.6 Å². The molecule has 21 heavy (non-hydrogen) atoms. The van der Waals surface area contributed by atoms with Gasteiger partial charge in [-0.25, -0.2) is 4.98 Å². The highest BCUT2D eigenvalue weighted by Crippen LogP contribution is 2.31. The van der Waals surface area contributed by atoms with E-state index in [9.17, 15) is 0 Å². The van der Waals surface area contributed by atoms with Gasteiger partial charge in [-0.05, 0) is 35.7 Å². The molecule has 2 N–H and O–H groups in total. The van der Waals surface area contributed by atoms with Crippen molar-refractivity contribution in [3.8, 4) is 0 Å². The minimum Gasteiger partial charge on any atom is -0.366 e. The third kappa shape index (κ3) is 5.32. The van der Waals surface area contributed by atoms with Gasteiger partial charge >= 0.3 is 0 Å². The molecule has 1 heterocycles. The zero-order valence-electron chi connectivity index (χ0n) is 12.3. The average molecular weight is 358 g/mol. The SMILES string of the molecule is CNC(=S)Nc1ccc2nc(SCCSC(C)C)sc2c1. The van der Waals surface area contributed by atoms with Crippen LogP contribution in [-0.2, 0) is 0 Å². The quantitative estimate of drug-likeness (QED) is 0.452. The van der Waals surface area contributed by atoms with E-state index in [1.165, 1.54) is 10.5 Å². The topological polar surface area (TPSA) is 37.0 Å². The van der Waals surface area contributed by atoms with Gasteiger partial charge in [0, 0.05) is 24.2 Å². The molecule has 3 nitrogen and oxygen atoms in total. The van der Waals surface area contributed by atoms with Crippen LogP contribution in [0.15, 0.2) is 22.5 Å². The first-order chi connectivity index (χ1) is 10.1. The minimum atomic E-state index is 0.624. The number of thiazole rings is 1. The van der Waals surface area contributed by atoms with Gasteiger partial charge in [-0.2, -0.15) is 11.8 Å². The molecule has 0 aliphatic carbocycles. The van der Waals surface area contributed by atoms with E-state index in [-0.39, 0.29) is 0 Å². The average Bonchev–Trinajstić information content (AvgIpc) is 2.85. The molecule has 0 amide bonds. The highest BCUT2D eigenvalue weighted by atomic mass is 32.2. The van der Waals surface area contributed by atoms with Crippen LogP contribution in [0.1, 0.15) is 13.8 Å². The second kappa shape index (κ2) is 8.22. The molecule has 0 saturated carbocycles. The highest BCUT2D eigenvalue weighted by molar-refractivity contribution is 8.04. The Morgan fingerprint density at radius 1 is 1.38 bits per heavy atom. The predicted molar refractivity (Wildman–Crippen MR) is 103 cm³/mol.